The minimum Gasteiger partial charge on any atom is -0.478 e. The molecular formula is C15H28O2. The third kappa shape index (κ3) is 11.5. The summed E-state index contributed by atoms with van der Waals surface area (Å²) in [5, 5.41) is 8.58. The topological polar surface area (TPSA) is 37.3 Å². The molecule has 0 amide bonds. The van der Waals surface area contributed by atoms with Gasteiger partial charge in [0.1, 0.15) is 0 Å². The van der Waals surface area contributed by atoms with Gasteiger partial charge in [0.05, 0.1) is 0 Å². The van der Waals surface area contributed by atoms with Gasteiger partial charge in [0.25, 0.3) is 0 Å². The molecule has 0 heterocycles. The molecule has 0 aliphatic carbocycles. The molecule has 0 radical (unpaired) electrons. The zero-order chi connectivity index (χ0) is 13.3. The van der Waals surface area contributed by atoms with Crippen LogP contribution in [0.4, 0.5) is 0 Å². The summed E-state index contributed by atoms with van der Waals surface area (Å²) in [6, 6.07) is 0. The van der Waals surface area contributed by atoms with Gasteiger partial charge < -0.3 is 5.11 Å². The first-order valence-electron chi connectivity index (χ1n) is 6.82. The lowest BCUT2D eigenvalue weighted by Crippen LogP contribution is -1.97. The Labute approximate surface area is 106 Å². The highest BCUT2D eigenvalue weighted by Gasteiger charge is 2.03. The number of rotatable bonds is 9. The summed E-state index contributed by atoms with van der Waals surface area (Å²) in [6.45, 7) is 8.74. The van der Waals surface area contributed by atoms with Crippen LogP contribution < -0.4 is 0 Å². The summed E-state index contributed by atoms with van der Waals surface area (Å²) in [4.78, 5) is 10.4. The lowest BCUT2D eigenvalue weighted by atomic mass is 9.94. The predicted octanol–water partition coefficient (Wildman–Crippen LogP) is 4.65. The highest BCUT2D eigenvalue weighted by atomic mass is 16.4. The van der Waals surface area contributed by atoms with Crippen molar-refractivity contribution in [1.29, 1.82) is 0 Å². The number of allylic oxidation sites excluding steroid dienone is 1. The Bertz CT molecular complexity index is 241. The summed E-state index contributed by atoms with van der Waals surface area (Å²) < 4.78 is 0. The van der Waals surface area contributed by atoms with Gasteiger partial charge in [-0.25, -0.2) is 4.79 Å². The normalized spacial score (nSPS) is 14.1. The van der Waals surface area contributed by atoms with E-state index < -0.39 is 5.97 Å². The Balaban J connectivity index is 3.57. The van der Waals surface area contributed by atoms with Gasteiger partial charge in [-0.05, 0) is 31.6 Å². The monoisotopic (exact) mass is 240 g/mol. The van der Waals surface area contributed by atoms with E-state index in [2.05, 4.69) is 20.8 Å². The van der Waals surface area contributed by atoms with Crippen LogP contribution >= 0.6 is 0 Å². The fourth-order valence-corrected chi connectivity index (χ4v) is 2.03. The third-order valence-corrected chi connectivity index (χ3v) is 3.12. The van der Waals surface area contributed by atoms with E-state index in [1.807, 2.05) is 6.92 Å². The van der Waals surface area contributed by atoms with Crippen LogP contribution in [0.1, 0.15) is 66.2 Å². The summed E-state index contributed by atoms with van der Waals surface area (Å²) in [7, 11) is 0. The molecule has 0 aliphatic rings. The Morgan fingerprint density at radius 2 is 1.71 bits per heavy atom. The van der Waals surface area contributed by atoms with Crippen LogP contribution in [0.25, 0.3) is 0 Å². The number of hydrogen-bond acceptors (Lipinski definition) is 1. The largest absolute Gasteiger partial charge is 0.478 e. The van der Waals surface area contributed by atoms with Gasteiger partial charge in [0.2, 0.25) is 0 Å². The van der Waals surface area contributed by atoms with Crippen LogP contribution in [0.5, 0.6) is 0 Å². The zero-order valence-electron chi connectivity index (χ0n) is 11.8. The van der Waals surface area contributed by atoms with Crippen LogP contribution in [0.15, 0.2) is 11.6 Å². The van der Waals surface area contributed by atoms with Crippen molar-refractivity contribution in [3.8, 4) is 0 Å². The first-order chi connectivity index (χ1) is 7.91. The van der Waals surface area contributed by atoms with E-state index in [9.17, 15) is 4.79 Å². The molecule has 17 heavy (non-hydrogen) atoms. The SMILES string of the molecule is CC(=CC(=O)O)CCCC(C)CCCC(C)C. The minimum absolute atomic E-state index is 0.770. The van der Waals surface area contributed by atoms with E-state index >= 15 is 0 Å². The standard InChI is InChI=1S/C15H28O2/c1-12(2)7-5-8-13(3)9-6-10-14(4)11-15(16)17/h11-13H,5-10H2,1-4H3,(H,16,17). The number of carboxylic acids is 1. The molecule has 1 atom stereocenters. The van der Waals surface area contributed by atoms with Crippen molar-refractivity contribution < 1.29 is 9.90 Å². The maximum absolute atomic E-state index is 10.4. The van der Waals surface area contributed by atoms with Gasteiger partial charge in [0, 0.05) is 6.08 Å². The summed E-state index contributed by atoms with van der Waals surface area (Å²) in [6.07, 6.45) is 8.51. The average Bonchev–Trinajstić information content (AvgIpc) is 2.15. The molecule has 0 bridgehead atoms. The van der Waals surface area contributed by atoms with Crippen molar-refractivity contribution in [3.05, 3.63) is 11.6 Å². The van der Waals surface area contributed by atoms with Crippen molar-refractivity contribution in [2.24, 2.45) is 11.8 Å². The smallest absolute Gasteiger partial charge is 0.328 e. The molecule has 0 fully saturated rings. The van der Waals surface area contributed by atoms with E-state index in [-0.39, 0.29) is 0 Å². The van der Waals surface area contributed by atoms with Crippen molar-refractivity contribution in [1.82, 2.24) is 0 Å². The predicted molar refractivity (Wildman–Crippen MR) is 73.1 cm³/mol. The minimum atomic E-state index is -0.826. The van der Waals surface area contributed by atoms with E-state index in [1.165, 1.54) is 31.8 Å². The van der Waals surface area contributed by atoms with Gasteiger partial charge in [-0.3, -0.25) is 0 Å². The van der Waals surface area contributed by atoms with E-state index in [0.717, 1.165) is 30.3 Å². The third-order valence-electron chi connectivity index (χ3n) is 3.12. The van der Waals surface area contributed by atoms with Crippen molar-refractivity contribution in [3.63, 3.8) is 0 Å². The highest BCUT2D eigenvalue weighted by molar-refractivity contribution is 5.80. The molecule has 2 nitrogen and oxygen atoms in total. The second-order valence-corrected chi connectivity index (χ2v) is 5.65. The fourth-order valence-electron chi connectivity index (χ4n) is 2.03. The van der Waals surface area contributed by atoms with Gasteiger partial charge in [0.15, 0.2) is 0 Å². The quantitative estimate of drug-likeness (QED) is 0.596. The summed E-state index contributed by atoms with van der Waals surface area (Å²) in [5.74, 6) is 0.752. The lowest BCUT2D eigenvalue weighted by Gasteiger charge is -2.12. The lowest BCUT2D eigenvalue weighted by molar-refractivity contribution is -0.131. The molecule has 100 valence electrons. The molecule has 0 saturated heterocycles. The first-order valence-corrected chi connectivity index (χ1v) is 6.82. The first kappa shape index (κ1) is 16.2. The van der Waals surface area contributed by atoms with Crippen molar-refractivity contribution in [2.45, 2.75) is 66.2 Å². The van der Waals surface area contributed by atoms with Crippen LogP contribution in [0.2, 0.25) is 0 Å². The molecule has 0 aromatic heterocycles. The van der Waals surface area contributed by atoms with E-state index in [0.29, 0.717) is 0 Å². The van der Waals surface area contributed by atoms with Gasteiger partial charge in [-0.1, -0.05) is 52.0 Å². The van der Waals surface area contributed by atoms with E-state index in [4.69, 9.17) is 5.11 Å². The number of hydrogen-bond donors (Lipinski definition) is 1. The molecule has 1 unspecified atom stereocenters. The highest BCUT2D eigenvalue weighted by Crippen LogP contribution is 2.18. The molecular weight excluding hydrogens is 212 g/mol. The Morgan fingerprint density at radius 1 is 1.12 bits per heavy atom. The fraction of sp³-hybridized carbons (Fsp3) is 0.800. The van der Waals surface area contributed by atoms with Crippen LogP contribution in [0.3, 0.4) is 0 Å². The maximum Gasteiger partial charge on any atom is 0.328 e. The van der Waals surface area contributed by atoms with E-state index in [1.54, 1.807) is 0 Å². The molecule has 0 aromatic rings. The number of carboxylic acid groups (broad SMARTS) is 1. The summed E-state index contributed by atoms with van der Waals surface area (Å²) >= 11 is 0. The Kier molecular flexibility index (Phi) is 8.83. The van der Waals surface area contributed by atoms with Gasteiger partial charge in [-0.15, -0.1) is 0 Å². The molecule has 1 N–H and O–H groups in total. The molecule has 0 aliphatic heterocycles. The number of aliphatic carboxylic acids is 1. The second kappa shape index (κ2) is 9.26. The van der Waals surface area contributed by atoms with Crippen LogP contribution in [-0.2, 0) is 4.79 Å². The summed E-state index contributed by atoms with van der Waals surface area (Å²) in [5.41, 5.74) is 0.979. The molecule has 0 saturated carbocycles. The Hall–Kier alpha value is -0.790. The second-order valence-electron chi connectivity index (χ2n) is 5.65. The van der Waals surface area contributed by atoms with Crippen molar-refractivity contribution in [2.75, 3.05) is 0 Å². The molecule has 0 aromatic carbocycles. The van der Waals surface area contributed by atoms with Gasteiger partial charge in [-0.2, -0.15) is 0 Å². The molecule has 0 spiro atoms. The van der Waals surface area contributed by atoms with Crippen LogP contribution in [-0.4, -0.2) is 11.1 Å². The average molecular weight is 240 g/mol. The van der Waals surface area contributed by atoms with Crippen molar-refractivity contribution >= 4 is 5.97 Å². The Morgan fingerprint density at radius 3 is 2.24 bits per heavy atom. The molecule has 2 heteroatoms. The zero-order valence-corrected chi connectivity index (χ0v) is 11.8. The van der Waals surface area contributed by atoms with Gasteiger partial charge >= 0.3 is 5.97 Å². The maximum atomic E-state index is 10.4. The molecule has 0 rings (SSSR count). The number of carbonyl (C=O) groups is 1. The van der Waals surface area contributed by atoms with Crippen LogP contribution in [0, 0.1) is 11.8 Å².